The van der Waals surface area contributed by atoms with Crippen molar-refractivity contribution in [3.05, 3.63) is 0 Å². The van der Waals surface area contributed by atoms with Gasteiger partial charge in [0.2, 0.25) is 0 Å². The second-order valence-electron chi connectivity index (χ2n) is 5.05. The molecular formula is C13H23NO3. The fourth-order valence-electron chi connectivity index (χ4n) is 2.54. The van der Waals surface area contributed by atoms with Crippen molar-refractivity contribution in [1.82, 2.24) is 4.90 Å². The molecule has 2 aliphatic rings. The van der Waals surface area contributed by atoms with Crippen molar-refractivity contribution in [3.63, 3.8) is 0 Å². The maximum atomic E-state index is 12.1. The lowest BCUT2D eigenvalue weighted by molar-refractivity contribution is -0.0161. The van der Waals surface area contributed by atoms with Crippen LogP contribution in [-0.2, 0) is 9.47 Å². The van der Waals surface area contributed by atoms with Crippen molar-refractivity contribution in [3.8, 4) is 0 Å². The molecule has 2 saturated carbocycles. The lowest BCUT2D eigenvalue weighted by Gasteiger charge is -2.25. The van der Waals surface area contributed by atoms with E-state index in [4.69, 9.17) is 9.47 Å². The first-order valence-electron chi connectivity index (χ1n) is 6.76. The molecular weight excluding hydrogens is 218 g/mol. The quantitative estimate of drug-likeness (QED) is 0.742. The highest BCUT2D eigenvalue weighted by molar-refractivity contribution is 5.68. The van der Waals surface area contributed by atoms with Crippen LogP contribution in [0.1, 0.15) is 45.4 Å². The Morgan fingerprint density at radius 2 is 1.94 bits per heavy atom. The molecule has 0 heterocycles. The minimum atomic E-state index is -0.136. The van der Waals surface area contributed by atoms with Crippen molar-refractivity contribution in [2.45, 2.75) is 63.7 Å². The molecule has 17 heavy (non-hydrogen) atoms. The second-order valence-corrected chi connectivity index (χ2v) is 5.05. The maximum absolute atomic E-state index is 12.1. The fraction of sp³-hybridized carbons (Fsp3) is 0.923. The first-order chi connectivity index (χ1) is 8.26. The summed E-state index contributed by atoms with van der Waals surface area (Å²) in [6.45, 7) is 2.91. The molecule has 0 aromatic rings. The number of nitrogens with zero attached hydrogens (tertiary/aromatic N) is 1. The molecule has 2 unspecified atom stereocenters. The third-order valence-corrected chi connectivity index (χ3v) is 3.63. The molecule has 4 heteroatoms. The first kappa shape index (κ1) is 12.7. The van der Waals surface area contributed by atoms with Crippen LogP contribution in [0.15, 0.2) is 0 Å². The molecule has 2 atom stereocenters. The van der Waals surface area contributed by atoms with Gasteiger partial charge in [-0.15, -0.1) is 0 Å². The third kappa shape index (κ3) is 3.12. The molecule has 0 saturated heterocycles. The van der Waals surface area contributed by atoms with Gasteiger partial charge in [-0.3, -0.25) is 0 Å². The van der Waals surface area contributed by atoms with Gasteiger partial charge in [-0.2, -0.15) is 0 Å². The van der Waals surface area contributed by atoms with E-state index in [9.17, 15) is 4.79 Å². The van der Waals surface area contributed by atoms with Crippen LogP contribution in [0.2, 0.25) is 0 Å². The van der Waals surface area contributed by atoms with Crippen LogP contribution in [-0.4, -0.2) is 42.9 Å². The van der Waals surface area contributed by atoms with Crippen molar-refractivity contribution >= 4 is 6.09 Å². The zero-order chi connectivity index (χ0) is 12.3. The lowest BCUT2D eigenvalue weighted by atomic mass is 10.2. The SMILES string of the molecule is CCCN(C(=O)OC1CCCC1OC)C1CC1. The number of amides is 1. The summed E-state index contributed by atoms with van der Waals surface area (Å²) in [5.41, 5.74) is 0. The Hall–Kier alpha value is -0.770. The van der Waals surface area contributed by atoms with E-state index in [0.29, 0.717) is 6.04 Å². The molecule has 2 aliphatic carbocycles. The van der Waals surface area contributed by atoms with Gasteiger partial charge in [-0.05, 0) is 38.5 Å². The zero-order valence-corrected chi connectivity index (χ0v) is 10.9. The van der Waals surface area contributed by atoms with Crippen LogP contribution in [0.5, 0.6) is 0 Å². The predicted molar refractivity (Wildman–Crippen MR) is 64.9 cm³/mol. The number of hydrogen-bond acceptors (Lipinski definition) is 3. The Morgan fingerprint density at radius 1 is 1.24 bits per heavy atom. The van der Waals surface area contributed by atoms with Crippen molar-refractivity contribution in [2.24, 2.45) is 0 Å². The van der Waals surface area contributed by atoms with Crippen LogP contribution in [0.3, 0.4) is 0 Å². The van der Waals surface area contributed by atoms with Crippen molar-refractivity contribution in [2.75, 3.05) is 13.7 Å². The number of carbonyl (C=O) groups is 1. The van der Waals surface area contributed by atoms with Gasteiger partial charge in [-0.25, -0.2) is 4.79 Å². The standard InChI is InChI=1S/C13H23NO3/c1-3-9-14(10-7-8-10)13(15)17-12-6-4-5-11(12)16-2/h10-12H,3-9H2,1-2H3. The molecule has 2 fully saturated rings. The second kappa shape index (κ2) is 5.71. The van der Waals surface area contributed by atoms with E-state index in [2.05, 4.69) is 6.92 Å². The van der Waals surface area contributed by atoms with E-state index < -0.39 is 0 Å². The predicted octanol–water partition coefficient (Wildman–Crippen LogP) is 2.56. The summed E-state index contributed by atoms with van der Waals surface area (Å²) in [5.74, 6) is 0. The monoisotopic (exact) mass is 241 g/mol. The van der Waals surface area contributed by atoms with Crippen molar-refractivity contribution < 1.29 is 14.3 Å². The van der Waals surface area contributed by atoms with E-state index >= 15 is 0 Å². The largest absolute Gasteiger partial charge is 0.443 e. The minimum Gasteiger partial charge on any atom is -0.443 e. The molecule has 4 nitrogen and oxygen atoms in total. The summed E-state index contributed by atoms with van der Waals surface area (Å²) in [5, 5.41) is 0. The number of methoxy groups -OCH3 is 1. The van der Waals surface area contributed by atoms with E-state index in [1.165, 1.54) is 0 Å². The lowest BCUT2D eigenvalue weighted by Crippen LogP contribution is -2.38. The highest BCUT2D eigenvalue weighted by atomic mass is 16.6. The number of carbonyl (C=O) groups excluding carboxylic acids is 1. The van der Waals surface area contributed by atoms with Crippen LogP contribution in [0, 0.1) is 0 Å². The Kier molecular flexibility index (Phi) is 4.26. The fourth-order valence-corrected chi connectivity index (χ4v) is 2.54. The van der Waals surface area contributed by atoms with Crippen LogP contribution in [0.25, 0.3) is 0 Å². The van der Waals surface area contributed by atoms with Gasteiger partial charge in [0.1, 0.15) is 6.10 Å². The van der Waals surface area contributed by atoms with Crippen LogP contribution in [0.4, 0.5) is 4.79 Å². The Morgan fingerprint density at radius 3 is 2.53 bits per heavy atom. The van der Waals surface area contributed by atoms with Crippen LogP contribution < -0.4 is 0 Å². The first-order valence-corrected chi connectivity index (χ1v) is 6.76. The smallest absolute Gasteiger partial charge is 0.410 e. The Labute approximate surface area is 103 Å². The van der Waals surface area contributed by atoms with E-state index in [1.54, 1.807) is 7.11 Å². The molecule has 0 aromatic carbocycles. The topological polar surface area (TPSA) is 38.8 Å². The molecule has 0 N–H and O–H groups in total. The van der Waals surface area contributed by atoms with Gasteiger partial charge in [-0.1, -0.05) is 6.92 Å². The molecule has 0 bridgehead atoms. The summed E-state index contributed by atoms with van der Waals surface area (Å²) < 4.78 is 10.9. The highest BCUT2D eigenvalue weighted by Crippen LogP contribution is 2.30. The minimum absolute atomic E-state index is 0.0365. The molecule has 0 aliphatic heterocycles. The number of ether oxygens (including phenoxy) is 2. The molecule has 1 amide bonds. The van der Waals surface area contributed by atoms with Crippen LogP contribution >= 0.6 is 0 Å². The van der Waals surface area contributed by atoms with Crippen molar-refractivity contribution in [1.29, 1.82) is 0 Å². The average molecular weight is 241 g/mol. The molecule has 2 rings (SSSR count). The van der Waals surface area contributed by atoms with E-state index in [0.717, 1.165) is 45.1 Å². The van der Waals surface area contributed by atoms with E-state index in [-0.39, 0.29) is 18.3 Å². The number of rotatable bonds is 5. The van der Waals surface area contributed by atoms with Gasteiger partial charge < -0.3 is 14.4 Å². The van der Waals surface area contributed by atoms with Gasteiger partial charge in [0.15, 0.2) is 0 Å². The third-order valence-electron chi connectivity index (χ3n) is 3.63. The summed E-state index contributed by atoms with van der Waals surface area (Å²) in [4.78, 5) is 14.0. The molecule has 98 valence electrons. The molecule has 0 radical (unpaired) electrons. The maximum Gasteiger partial charge on any atom is 0.410 e. The van der Waals surface area contributed by atoms with Gasteiger partial charge in [0.05, 0.1) is 6.10 Å². The summed E-state index contributed by atoms with van der Waals surface area (Å²) in [7, 11) is 1.70. The highest BCUT2D eigenvalue weighted by Gasteiger charge is 2.36. The Balaban J connectivity index is 1.85. The number of hydrogen-bond donors (Lipinski definition) is 0. The summed E-state index contributed by atoms with van der Waals surface area (Å²) >= 11 is 0. The molecule has 0 aromatic heterocycles. The summed E-state index contributed by atoms with van der Waals surface area (Å²) in [6.07, 6.45) is 6.22. The zero-order valence-electron chi connectivity index (χ0n) is 10.9. The normalized spacial score (nSPS) is 28.1. The Bertz CT molecular complexity index is 265. The molecule has 0 spiro atoms. The summed E-state index contributed by atoms with van der Waals surface area (Å²) in [6, 6.07) is 0.435. The van der Waals surface area contributed by atoms with Gasteiger partial charge in [0.25, 0.3) is 0 Å². The van der Waals surface area contributed by atoms with Gasteiger partial charge in [0, 0.05) is 19.7 Å². The average Bonchev–Trinajstić information content (AvgIpc) is 3.06. The van der Waals surface area contributed by atoms with Gasteiger partial charge >= 0.3 is 6.09 Å². The van der Waals surface area contributed by atoms with E-state index in [1.807, 2.05) is 4.90 Å².